The van der Waals surface area contributed by atoms with Gasteiger partial charge in [0.05, 0.1) is 37.9 Å². The highest BCUT2D eigenvalue weighted by molar-refractivity contribution is 8.00. The van der Waals surface area contributed by atoms with Gasteiger partial charge in [-0.05, 0) is 92.3 Å². The summed E-state index contributed by atoms with van der Waals surface area (Å²) in [4.78, 5) is 267. The zero-order chi connectivity index (χ0) is 96.3. The summed E-state index contributed by atoms with van der Waals surface area (Å²) in [6.07, 6.45) is 3.49. The Labute approximate surface area is 766 Å². The molecule has 15 atom stereocenters. The van der Waals surface area contributed by atoms with Crippen LogP contribution in [0.2, 0.25) is 0 Å². The number of nitrogens with zero attached hydrogens (tertiary/aromatic N) is 6. The largest absolute Gasteiger partial charge is 0.508 e. The standard InChI is InChI=1S/C89H123N21O21S/c1-9-11-22-69-82(124)99-61(32-48(3)4)78(120)105-68(77(119)95-41-74(91)116)45-132-46-75(117)97-64(33-50-25-27-54(113)28-26-50)85(127)106(6)49(5)76(118)104-67(44-112)88(130)109-31-17-24-70(109)83(125)101-63(36-53-40-92-47-96-53)80(122)98-60(29-30-73(90)115)87(129)110-42-55(114)37-72(110)84(126)100-62(34-51-38-93-58-20-15-13-18-56(51)58)79(121)103-66(43-111)81(123)102-65(35-52-39-94-59-21-16-14-19-57(52)59)86(128)108(8)71(23-12-10-2)89(131)107(69)7/h13-16,18-21,25-28,38-40,47-49,55,60-72,93-94,111-114H,9-12,17,22-24,29-37,41-46H2,1-8H3,(H2,90,115)(H2,91,116)(H,92,96)(H,95,119)(H,97,117)(H,98,122)(H,99,124)(H,100,126)(H,101,125)(H,102,123)(H,103,121)(H,104,118)(H,105,120)/t49-,55+,60-,61-,62-,63-,64-,65-,66-,67+,68-,69-,70-,71-,72-/m0/s1. The number of unbranched alkanes of at least 4 members (excludes halogenated alkanes) is 2. The van der Waals surface area contributed by atoms with E-state index >= 15 is 33.6 Å². The SMILES string of the molecule is CCCC[C@H]1C(=O)N(C)[C@@H](CCCC)C(=O)N[C@@H](CC(C)C)C(=O)N[C@H](C(=O)NCC(N)=O)CSCC(=O)N[C@@H](Cc2ccc(O)cc2)C(=O)N(C)[C@@H](C)C(=O)N[C@H](CO)C(=O)N2CCC[C@H]2C(=O)N[C@@H](Cc2cnc[nH]2)C(=O)N[C@@H](CCC(N)=O)C(=O)N2C[C@H](O)C[C@H]2C(=O)N[C@@H](Cc2c[nH]c3ccccc23)C(=O)N[C@@H](CO)C(=O)N[C@@H](Cc2c[nH]c3ccccc23)C(=O)N1C. The number of hydrogen-bond donors (Lipinski definition) is 19. The second kappa shape index (κ2) is 48.7. The van der Waals surface area contributed by atoms with Crippen molar-refractivity contribution in [1.29, 1.82) is 0 Å². The van der Waals surface area contributed by atoms with Gasteiger partial charge in [-0.25, -0.2) is 4.98 Å². The molecule has 3 fully saturated rings. The number of aromatic hydroxyl groups is 1. The van der Waals surface area contributed by atoms with Gasteiger partial charge in [0.15, 0.2) is 0 Å². The lowest BCUT2D eigenvalue weighted by molar-refractivity contribution is -0.149. The summed E-state index contributed by atoms with van der Waals surface area (Å²) < 4.78 is 0. The van der Waals surface area contributed by atoms with Crippen LogP contribution in [-0.4, -0.2) is 321 Å². The first-order valence-electron chi connectivity index (χ1n) is 44.2. The van der Waals surface area contributed by atoms with E-state index in [0.717, 1.165) is 31.4 Å². The van der Waals surface area contributed by atoms with Crippen LogP contribution in [0.4, 0.5) is 0 Å². The van der Waals surface area contributed by atoms with Crippen LogP contribution in [0.15, 0.2) is 97.7 Å². The molecule has 3 aliphatic rings. The molecule has 3 saturated heterocycles. The molecule has 43 heteroatoms. The zero-order valence-electron chi connectivity index (χ0n) is 75.2. The normalized spacial score (nSPS) is 25.1. The summed E-state index contributed by atoms with van der Waals surface area (Å²) in [6.45, 7) is 4.97. The van der Waals surface area contributed by atoms with E-state index < -0.39 is 248 Å². The molecule has 0 aliphatic carbocycles. The molecule has 3 aromatic heterocycles. The number of aliphatic hydroxyl groups excluding tert-OH is 3. The topological polar surface area (TPSA) is 620 Å². The Bertz CT molecular complexity index is 5090. The highest BCUT2D eigenvalue weighted by Gasteiger charge is 2.47. The molecule has 716 valence electrons. The number of aromatic nitrogens is 4. The minimum atomic E-state index is -1.91. The Balaban J connectivity index is 1.09. The molecule has 0 spiro atoms. The molecule has 0 saturated carbocycles. The molecule has 3 aromatic carbocycles. The smallest absolute Gasteiger partial charge is 0.248 e. The number of fused-ring (bicyclic) bond motifs is 4. The van der Waals surface area contributed by atoms with Crippen molar-refractivity contribution in [3.63, 3.8) is 0 Å². The van der Waals surface area contributed by atoms with E-state index in [0.29, 0.717) is 64.2 Å². The summed E-state index contributed by atoms with van der Waals surface area (Å²) in [5.41, 5.74) is 14.0. The molecule has 132 heavy (non-hydrogen) atoms. The van der Waals surface area contributed by atoms with Crippen molar-refractivity contribution >= 4 is 134 Å². The number of nitrogens with one attached hydrogen (secondary N) is 13. The monoisotopic (exact) mass is 1850 g/mol. The number of phenolic OH excluding ortho intramolecular Hbond substituents is 1. The zero-order valence-corrected chi connectivity index (χ0v) is 76.0. The van der Waals surface area contributed by atoms with Crippen molar-refractivity contribution in [1.82, 2.24) is 97.6 Å². The van der Waals surface area contributed by atoms with Gasteiger partial charge in [0.2, 0.25) is 100 Å². The van der Waals surface area contributed by atoms with Gasteiger partial charge in [-0.3, -0.25) is 81.5 Å². The van der Waals surface area contributed by atoms with E-state index in [1.54, 1.807) is 74.8 Å². The summed E-state index contributed by atoms with van der Waals surface area (Å²) in [7, 11) is 3.95. The first-order valence-corrected chi connectivity index (χ1v) is 45.4. The third kappa shape index (κ3) is 27.8. The van der Waals surface area contributed by atoms with Gasteiger partial charge in [0.25, 0.3) is 0 Å². The summed E-state index contributed by atoms with van der Waals surface area (Å²) in [5, 5.41) is 71.1. The second-order valence-electron chi connectivity index (χ2n) is 34.0. The minimum absolute atomic E-state index is 0.00718. The number of nitrogens with two attached hydrogens (primary N) is 2. The van der Waals surface area contributed by atoms with Crippen LogP contribution in [0.3, 0.4) is 0 Å². The number of para-hydroxylation sites is 2. The quantitative estimate of drug-likeness (QED) is 0.0291. The van der Waals surface area contributed by atoms with Crippen LogP contribution in [0.1, 0.15) is 134 Å². The number of primary amides is 2. The number of amides is 17. The number of aliphatic hydroxyl groups is 3. The van der Waals surface area contributed by atoms with E-state index in [9.17, 15) is 68.4 Å². The number of thioether (sulfide) groups is 1. The van der Waals surface area contributed by atoms with Crippen molar-refractivity contribution in [3.05, 3.63) is 120 Å². The summed E-state index contributed by atoms with van der Waals surface area (Å²) in [6, 6.07) is -2.40. The number of carbonyl (C=O) groups excluding carboxylic acids is 17. The van der Waals surface area contributed by atoms with E-state index in [1.165, 1.54) is 69.8 Å². The maximum Gasteiger partial charge on any atom is 0.248 e. The average molecular weight is 1860 g/mol. The molecule has 6 heterocycles. The second-order valence-corrected chi connectivity index (χ2v) is 35.0. The first-order chi connectivity index (χ1) is 62.9. The molecule has 0 unspecified atom stereocenters. The third-order valence-electron chi connectivity index (χ3n) is 23.8. The van der Waals surface area contributed by atoms with Gasteiger partial charge in [-0.1, -0.05) is 102 Å². The van der Waals surface area contributed by atoms with Crippen LogP contribution in [0.25, 0.3) is 21.8 Å². The van der Waals surface area contributed by atoms with Crippen molar-refractivity contribution in [3.8, 4) is 5.75 Å². The molecule has 9 rings (SSSR count). The van der Waals surface area contributed by atoms with E-state index in [4.69, 9.17) is 11.5 Å². The van der Waals surface area contributed by atoms with Gasteiger partial charge in [-0.15, -0.1) is 11.8 Å². The number of aromatic amines is 3. The van der Waals surface area contributed by atoms with Crippen LogP contribution in [-0.2, 0) is 107 Å². The van der Waals surface area contributed by atoms with Crippen molar-refractivity contribution in [2.75, 3.05) is 65.5 Å². The Hall–Kier alpha value is -13.0. The fraction of sp³-hybridized carbons (Fsp3) is 0.528. The highest BCUT2D eigenvalue weighted by atomic mass is 32.2. The lowest BCUT2D eigenvalue weighted by Gasteiger charge is -2.36. The Morgan fingerprint density at radius 3 is 1.65 bits per heavy atom. The van der Waals surface area contributed by atoms with E-state index in [1.807, 2.05) is 13.8 Å². The van der Waals surface area contributed by atoms with Crippen LogP contribution in [0.5, 0.6) is 5.75 Å². The molecule has 0 radical (unpaired) electrons. The van der Waals surface area contributed by atoms with Crippen molar-refractivity contribution in [2.24, 2.45) is 17.4 Å². The Kier molecular flexibility index (Phi) is 37.9. The lowest BCUT2D eigenvalue weighted by Crippen LogP contribution is -2.62. The van der Waals surface area contributed by atoms with Gasteiger partial charge in [-0.2, -0.15) is 0 Å². The number of carbonyl (C=O) groups is 17. The number of rotatable bonds is 24. The van der Waals surface area contributed by atoms with Crippen molar-refractivity contribution < 1.29 is 102 Å². The number of likely N-dealkylation sites (N-methyl/N-ethyl adjacent to an activating group) is 3. The Morgan fingerprint density at radius 2 is 1.06 bits per heavy atom. The molecule has 42 nitrogen and oxygen atoms in total. The summed E-state index contributed by atoms with van der Waals surface area (Å²) >= 11 is 0.796. The fourth-order valence-electron chi connectivity index (χ4n) is 16.3. The number of H-pyrrole nitrogens is 3. The number of hydrogen-bond acceptors (Lipinski definition) is 23. The first kappa shape index (κ1) is 103. The maximum atomic E-state index is 15.7. The summed E-state index contributed by atoms with van der Waals surface area (Å²) in [5.74, 6) is -17.4. The molecule has 3 aliphatic heterocycles. The minimum Gasteiger partial charge on any atom is -0.508 e. The highest BCUT2D eigenvalue weighted by Crippen LogP contribution is 2.28. The number of imidazole rings is 1. The average Bonchev–Trinajstić information content (AvgIpc) is 1.62. The molecular formula is C89H123N21O21S. The number of phenols is 1. The van der Waals surface area contributed by atoms with Gasteiger partial charge in [0.1, 0.15) is 90.3 Å². The third-order valence-corrected chi connectivity index (χ3v) is 24.8. The van der Waals surface area contributed by atoms with Gasteiger partial charge in [0, 0.05) is 125 Å². The predicted octanol–water partition coefficient (Wildman–Crippen LogP) is -2.81. The van der Waals surface area contributed by atoms with Crippen LogP contribution in [0, 0.1) is 5.92 Å². The molecular weight excluding hydrogens is 1730 g/mol. The van der Waals surface area contributed by atoms with Crippen LogP contribution < -0.4 is 64.6 Å². The fourth-order valence-corrected chi connectivity index (χ4v) is 17.2. The number of benzene rings is 3. The van der Waals surface area contributed by atoms with E-state index in [-0.39, 0.29) is 81.7 Å². The van der Waals surface area contributed by atoms with Gasteiger partial charge < -0.3 is 125 Å². The molecule has 17 amide bonds. The molecule has 0 bridgehead atoms. The van der Waals surface area contributed by atoms with Crippen molar-refractivity contribution in [2.45, 2.75) is 228 Å². The van der Waals surface area contributed by atoms with Crippen LogP contribution >= 0.6 is 11.8 Å². The molecule has 21 N–H and O–H groups in total. The lowest BCUT2D eigenvalue weighted by atomic mass is 9.99. The maximum absolute atomic E-state index is 15.7. The Morgan fingerprint density at radius 1 is 0.538 bits per heavy atom. The van der Waals surface area contributed by atoms with Gasteiger partial charge >= 0.3 is 0 Å². The van der Waals surface area contributed by atoms with E-state index in [2.05, 4.69) is 73.1 Å². The predicted molar refractivity (Wildman–Crippen MR) is 482 cm³/mol. The molecule has 6 aromatic rings.